The molecule has 3 aromatic heterocycles. The molecule has 0 radical (unpaired) electrons. The number of carbonyl (C=O) groups is 1. The number of aromatic nitrogens is 5. The standard InChI is InChI=1S/C24H27F3N8O/c1-14-21(36)35-13-23(2,3)7-17-19(35)20(33(14)4)32-22(31-17)29-9-16-10-30-34(12-16)11-15-5-6-18(28-8-15)24(25,26)27/h5-6,8,10,12,14H,7,9,11,13H2,1-4H3,(H,29,31,32)/t14-/m0/s1. The Bertz CT molecular complexity index is 1300. The maximum atomic E-state index is 12.9. The SMILES string of the molecule is C[C@H]1C(=O)N2CC(C)(C)Cc3nc(NCc4cnn(Cc5ccc(C(F)(F)F)nc5)c4)nc(c32)N1C. The van der Waals surface area contributed by atoms with Crippen molar-refractivity contribution in [2.45, 2.75) is 52.5 Å². The molecule has 36 heavy (non-hydrogen) atoms. The molecule has 190 valence electrons. The van der Waals surface area contributed by atoms with Gasteiger partial charge in [-0.05, 0) is 30.4 Å². The van der Waals surface area contributed by atoms with Gasteiger partial charge in [0.15, 0.2) is 5.82 Å². The zero-order valence-electron chi connectivity index (χ0n) is 20.5. The first-order valence-electron chi connectivity index (χ1n) is 11.6. The minimum absolute atomic E-state index is 0.0546. The molecule has 9 nitrogen and oxygen atoms in total. The van der Waals surface area contributed by atoms with Crippen molar-refractivity contribution in [3.63, 3.8) is 0 Å². The molecule has 5 heterocycles. The van der Waals surface area contributed by atoms with Crippen molar-refractivity contribution in [1.29, 1.82) is 0 Å². The number of anilines is 3. The van der Waals surface area contributed by atoms with E-state index in [0.29, 0.717) is 31.1 Å². The van der Waals surface area contributed by atoms with Crippen LogP contribution in [0.4, 0.5) is 30.6 Å². The summed E-state index contributed by atoms with van der Waals surface area (Å²) in [5.74, 6) is 1.25. The van der Waals surface area contributed by atoms with Crippen molar-refractivity contribution in [2.75, 3.05) is 28.7 Å². The fraction of sp³-hybridized carbons (Fsp3) is 0.458. The summed E-state index contributed by atoms with van der Waals surface area (Å²) < 4.78 is 39.8. The van der Waals surface area contributed by atoms with Crippen LogP contribution in [0, 0.1) is 5.41 Å². The van der Waals surface area contributed by atoms with Crippen LogP contribution in [0.3, 0.4) is 0 Å². The van der Waals surface area contributed by atoms with Gasteiger partial charge < -0.3 is 15.1 Å². The maximum absolute atomic E-state index is 12.9. The molecule has 3 aromatic rings. The van der Waals surface area contributed by atoms with E-state index in [-0.39, 0.29) is 17.4 Å². The second-order valence-electron chi connectivity index (χ2n) is 10.2. The summed E-state index contributed by atoms with van der Waals surface area (Å²) in [4.78, 5) is 29.6. The Labute approximate surface area is 206 Å². The second-order valence-corrected chi connectivity index (χ2v) is 10.2. The lowest BCUT2D eigenvalue weighted by molar-refractivity contribution is -0.141. The van der Waals surface area contributed by atoms with Gasteiger partial charge in [0, 0.05) is 38.1 Å². The van der Waals surface area contributed by atoms with Gasteiger partial charge in [-0.1, -0.05) is 19.9 Å². The first kappa shape index (κ1) is 24.0. The van der Waals surface area contributed by atoms with Gasteiger partial charge in [-0.15, -0.1) is 0 Å². The van der Waals surface area contributed by atoms with Crippen LogP contribution in [0.2, 0.25) is 0 Å². The smallest absolute Gasteiger partial charge is 0.350 e. The van der Waals surface area contributed by atoms with E-state index in [0.717, 1.165) is 35.2 Å². The van der Waals surface area contributed by atoms with Gasteiger partial charge in [-0.25, -0.2) is 4.98 Å². The molecule has 0 aliphatic carbocycles. The third kappa shape index (κ3) is 4.47. The Balaban J connectivity index is 1.31. The van der Waals surface area contributed by atoms with E-state index in [9.17, 15) is 18.0 Å². The Hall–Kier alpha value is -3.70. The number of carbonyl (C=O) groups excluding carboxylic acids is 1. The summed E-state index contributed by atoms with van der Waals surface area (Å²) in [5.41, 5.74) is 2.09. The summed E-state index contributed by atoms with van der Waals surface area (Å²) in [6.07, 6.45) is 0.978. The lowest BCUT2D eigenvalue weighted by Gasteiger charge is -2.46. The number of likely N-dealkylation sites (N-methyl/N-ethyl adjacent to an activating group) is 1. The Morgan fingerprint density at radius 2 is 1.94 bits per heavy atom. The highest BCUT2D eigenvalue weighted by atomic mass is 19.4. The van der Waals surface area contributed by atoms with Gasteiger partial charge in [0.05, 0.1) is 18.4 Å². The number of nitrogens with one attached hydrogen (secondary N) is 1. The minimum atomic E-state index is -4.46. The van der Waals surface area contributed by atoms with Crippen molar-refractivity contribution in [3.8, 4) is 0 Å². The number of rotatable bonds is 5. The van der Waals surface area contributed by atoms with Gasteiger partial charge in [0.2, 0.25) is 11.9 Å². The van der Waals surface area contributed by atoms with Gasteiger partial charge >= 0.3 is 6.18 Å². The molecule has 0 bridgehead atoms. The predicted molar refractivity (Wildman–Crippen MR) is 128 cm³/mol. The van der Waals surface area contributed by atoms with Gasteiger partial charge in [0.1, 0.15) is 17.4 Å². The second kappa shape index (κ2) is 8.45. The van der Waals surface area contributed by atoms with Crippen molar-refractivity contribution >= 4 is 23.4 Å². The molecule has 2 aliphatic rings. The van der Waals surface area contributed by atoms with E-state index in [4.69, 9.17) is 9.97 Å². The Kier molecular flexibility index (Phi) is 5.64. The Morgan fingerprint density at radius 1 is 1.17 bits per heavy atom. The van der Waals surface area contributed by atoms with E-state index >= 15 is 0 Å². The van der Waals surface area contributed by atoms with Crippen LogP contribution in [0.15, 0.2) is 30.7 Å². The van der Waals surface area contributed by atoms with Crippen LogP contribution in [-0.4, -0.2) is 50.3 Å². The molecule has 12 heteroatoms. The number of amides is 1. The summed E-state index contributed by atoms with van der Waals surface area (Å²) in [7, 11) is 1.87. The van der Waals surface area contributed by atoms with Crippen LogP contribution in [0.5, 0.6) is 0 Å². The number of hydrogen-bond donors (Lipinski definition) is 1. The van der Waals surface area contributed by atoms with E-state index in [1.807, 2.05) is 30.0 Å². The fourth-order valence-electron chi connectivity index (χ4n) is 4.63. The third-order valence-electron chi connectivity index (χ3n) is 6.58. The maximum Gasteiger partial charge on any atom is 0.433 e. The monoisotopic (exact) mass is 500 g/mol. The molecule has 1 amide bonds. The topological polar surface area (TPSA) is 92.1 Å². The number of pyridine rings is 1. The number of halogens is 3. The number of hydrogen-bond acceptors (Lipinski definition) is 7. The van der Waals surface area contributed by atoms with Gasteiger partial charge in [-0.2, -0.15) is 23.3 Å². The Morgan fingerprint density at radius 3 is 2.64 bits per heavy atom. The quantitative estimate of drug-likeness (QED) is 0.573. The minimum Gasteiger partial charge on any atom is -0.350 e. The average Bonchev–Trinajstić information content (AvgIpc) is 3.25. The third-order valence-corrected chi connectivity index (χ3v) is 6.58. The van der Waals surface area contributed by atoms with Crippen molar-refractivity contribution in [3.05, 3.63) is 53.2 Å². The fourth-order valence-corrected chi connectivity index (χ4v) is 4.63. The van der Waals surface area contributed by atoms with E-state index in [1.165, 1.54) is 12.3 Å². The lowest BCUT2D eigenvalue weighted by atomic mass is 9.82. The van der Waals surface area contributed by atoms with Gasteiger partial charge in [-0.3, -0.25) is 14.5 Å². The first-order chi connectivity index (χ1) is 16.9. The molecule has 5 rings (SSSR count). The van der Waals surface area contributed by atoms with Crippen LogP contribution in [0.1, 0.15) is 43.3 Å². The normalized spacial score (nSPS) is 18.9. The molecular formula is C24H27F3N8O. The molecule has 1 atom stereocenters. The summed E-state index contributed by atoms with van der Waals surface area (Å²) >= 11 is 0. The van der Waals surface area contributed by atoms with Crippen molar-refractivity contribution in [2.24, 2.45) is 5.41 Å². The first-order valence-corrected chi connectivity index (χ1v) is 11.6. The van der Waals surface area contributed by atoms with Crippen LogP contribution >= 0.6 is 0 Å². The van der Waals surface area contributed by atoms with E-state index < -0.39 is 11.9 Å². The molecule has 0 unspecified atom stereocenters. The molecule has 0 saturated heterocycles. The van der Waals surface area contributed by atoms with E-state index in [2.05, 4.69) is 29.2 Å². The highest BCUT2D eigenvalue weighted by Crippen LogP contribution is 2.44. The molecular weight excluding hydrogens is 473 g/mol. The number of nitrogens with zero attached hydrogens (tertiary/aromatic N) is 7. The highest BCUT2D eigenvalue weighted by molar-refractivity contribution is 6.05. The lowest BCUT2D eigenvalue weighted by Crippen LogP contribution is -2.56. The van der Waals surface area contributed by atoms with Crippen molar-refractivity contribution in [1.82, 2.24) is 24.7 Å². The summed E-state index contributed by atoms with van der Waals surface area (Å²) in [6, 6.07) is 2.05. The van der Waals surface area contributed by atoms with Crippen LogP contribution in [0.25, 0.3) is 0 Å². The van der Waals surface area contributed by atoms with E-state index in [1.54, 1.807) is 10.9 Å². The van der Waals surface area contributed by atoms with Crippen molar-refractivity contribution < 1.29 is 18.0 Å². The zero-order valence-corrected chi connectivity index (χ0v) is 20.5. The number of alkyl halides is 3. The molecule has 0 spiro atoms. The molecule has 0 aromatic carbocycles. The molecule has 2 aliphatic heterocycles. The molecule has 1 N–H and O–H groups in total. The largest absolute Gasteiger partial charge is 0.433 e. The predicted octanol–water partition coefficient (Wildman–Crippen LogP) is 3.50. The summed E-state index contributed by atoms with van der Waals surface area (Å²) in [5, 5.41) is 7.56. The highest BCUT2D eigenvalue weighted by Gasteiger charge is 2.43. The molecule has 0 saturated carbocycles. The van der Waals surface area contributed by atoms with Gasteiger partial charge in [0.25, 0.3) is 0 Å². The summed E-state index contributed by atoms with van der Waals surface area (Å²) in [6.45, 7) is 7.47. The molecule has 0 fully saturated rings. The zero-order chi connectivity index (χ0) is 25.8. The van der Waals surface area contributed by atoms with Crippen LogP contribution in [-0.2, 0) is 30.5 Å². The average molecular weight is 501 g/mol. The van der Waals surface area contributed by atoms with Crippen LogP contribution < -0.4 is 15.1 Å².